The minimum absolute atomic E-state index is 0.0273. The highest BCUT2D eigenvalue weighted by molar-refractivity contribution is 6.30. The third kappa shape index (κ3) is 5.49. The van der Waals surface area contributed by atoms with Gasteiger partial charge in [0.25, 0.3) is 0 Å². The molecule has 1 fully saturated rings. The zero-order valence-electron chi connectivity index (χ0n) is 21.1. The quantitative estimate of drug-likeness (QED) is 0.376. The first-order chi connectivity index (χ1) is 17.9. The predicted molar refractivity (Wildman–Crippen MR) is 140 cm³/mol. The van der Waals surface area contributed by atoms with Crippen molar-refractivity contribution in [3.63, 3.8) is 0 Å². The molecule has 1 aromatic heterocycles. The van der Waals surface area contributed by atoms with Gasteiger partial charge in [0.2, 0.25) is 11.6 Å². The second kappa shape index (κ2) is 11.8. The lowest BCUT2D eigenvalue weighted by Gasteiger charge is -2.26. The minimum Gasteiger partial charge on any atom is -0.503 e. The fourth-order valence-electron chi connectivity index (χ4n) is 4.57. The molecule has 0 spiro atoms. The van der Waals surface area contributed by atoms with Gasteiger partial charge in [0.1, 0.15) is 0 Å². The molecular weight excluding hydrogens is 500 g/mol. The van der Waals surface area contributed by atoms with Crippen LogP contribution in [0, 0.1) is 0 Å². The summed E-state index contributed by atoms with van der Waals surface area (Å²) in [5.74, 6) is -0.194. The number of hydrogen-bond donors (Lipinski definition) is 2. The lowest BCUT2D eigenvalue weighted by Crippen LogP contribution is -2.37. The maximum atomic E-state index is 13.7. The second-order valence-corrected chi connectivity index (χ2v) is 9.04. The molecule has 2 N–H and O–H groups in total. The maximum absolute atomic E-state index is 13.7. The molecule has 0 unspecified atom stereocenters. The third-order valence-electron chi connectivity index (χ3n) is 6.44. The number of nitrogens with zero attached hydrogens (tertiary/aromatic N) is 2. The third-order valence-corrected chi connectivity index (χ3v) is 6.69. The van der Waals surface area contributed by atoms with Gasteiger partial charge >= 0.3 is 0 Å². The highest BCUT2D eigenvalue weighted by Gasteiger charge is 2.30. The first kappa shape index (κ1) is 26.7. The molecule has 0 amide bonds. The summed E-state index contributed by atoms with van der Waals surface area (Å²) < 4.78 is 23.5. The van der Waals surface area contributed by atoms with Gasteiger partial charge in [-0.3, -0.25) is 9.69 Å². The van der Waals surface area contributed by atoms with E-state index in [-0.39, 0.29) is 11.4 Å². The van der Waals surface area contributed by atoms with Gasteiger partial charge in [-0.2, -0.15) is 0 Å². The number of rotatable bonds is 10. The van der Waals surface area contributed by atoms with Gasteiger partial charge in [0.15, 0.2) is 23.0 Å². The van der Waals surface area contributed by atoms with Crippen molar-refractivity contribution in [2.45, 2.75) is 13.0 Å². The molecule has 198 valence electrons. The normalized spacial score (nSPS) is 13.9. The summed E-state index contributed by atoms with van der Waals surface area (Å²) in [6.45, 7) is 4.18. The molecule has 10 heteroatoms. The van der Waals surface area contributed by atoms with Crippen molar-refractivity contribution in [2.75, 3.05) is 54.2 Å². The molecule has 0 bridgehead atoms. The Kier molecular flexibility index (Phi) is 8.48. The van der Waals surface area contributed by atoms with Crippen LogP contribution in [0.25, 0.3) is 11.3 Å². The minimum atomic E-state index is -0.491. The highest BCUT2D eigenvalue weighted by atomic mass is 35.5. The average Bonchev–Trinajstić information content (AvgIpc) is 3.17. The van der Waals surface area contributed by atoms with Crippen molar-refractivity contribution in [1.82, 2.24) is 9.47 Å². The van der Waals surface area contributed by atoms with Crippen LogP contribution >= 0.6 is 11.6 Å². The number of halogens is 1. The molecule has 9 nitrogen and oxygen atoms in total. The summed E-state index contributed by atoms with van der Waals surface area (Å²) in [5.41, 5.74) is 1.14. The van der Waals surface area contributed by atoms with Crippen LogP contribution in [-0.2, 0) is 11.3 Å². The molecule has 2 heterocycles. The zero-order valence-corrected chi connectivity index (χ0v) is 21.9. The standard InChI is InChI=1S/C27H31ClN2O7/c1-34-20-15-18(16-21(35-2)26(20)36-3)23-22(24(31)17-5-7-19(28)8-6-17)25(32)27(33)30(23)10-4-9-29-11-13-37-14-12-29/h5-8,15-16,32-33H,4,9-14H2,1-3H3. The van der Waals surface area contributed by atoms with Crippen LogP contribution in [0.1, 0.15) is 22.3 Å². The highest BCUT2D eigenvalue weighted by Crippen LogP contribution is 2.47. The van der Waals surface area contributed by atoms with E-state index in [0.717, 1.165) is 19.6 Å². The van der Waals surface area contributed by atoms with Crippen LogP contribution in [0.5, 0.6) is 28.9 Å². The smallest absolute Gasteiger partial charge is 0.235 e. The fourth-order valence-corrected chi connectivity index (χ4v) is 4.69. The van der Waals surface area contributed by atoms with E-state index in [2.05, 4.69) is 4.90 Å². The van der Waals surface area contributed by atoms with Gasteiger partial charge in [0, 0.05) is 42.3 Å². The van der Waals surface area contributed by atoms with Crippen molar-refractivity contribution in [2.24, 2.45) is 0 Å². The molecule has 4 rings (SSSR count). The number of carbonyl (C=O) groups excluding carboxylic acids is 1. The van der Waals surface area contributed by atoms with E-state index in [4.69, 9.17) is 30.5 Å². The van der Waals surface area contributed by atoms with Crippen molar-refractivity contribution in [1.29, 1.82) is 0 Å². The Morgan fingerprint density at radius 3 is 2.16 bits per heavy atom. The molecule has 1 aliphatic heterocycles. The van der Waals surface area contributed by atoms with E-state index < -0.39 is 11.5 Å². The SMILES string of the molecule is COc1cc(-c2c(C(=O)c3ccc(Cl)cc3)c(O)c(O)n2CCCN2CCOCC2)cc(OC)c1OC. The molecular formula is C27H31ClN2O7. The molecule has 1 aliphatic rings. The monoisotopic (exact) mass is 530 g/mol. The van der Waals surface area contributed by atoms with Crippen molar-refractivity contribution in [3.8, 4) is 40.1 Å². The molecule has 1 saturated heterocycles. The summed E-state index contributed by atoms with van der Waals surface area (Å²) in [5, 5.41) is 22.5. The first-order valence-electron chi connectivity index (χ1n) is 11.9. The van der Waals surface area contributed by atoms with Gasteiger partial charge < -0.3 is 33.7 Å². The van der Waals surface area contributed by atoms with Crippen molar-refractivity contribution in [3.05, 3.63) is 52.5 Å². The first-order valence-corrected chi connectivity index (χ1v) is 12.3. The summed E-state index contributed by atoms with van der Waals surface area (Å²) in [6.07, 6.45) is 0.674. The summed E-state index contributed by atoms with van der Waals surface area (Å²) in [4.78, 5) is 15.9. The number of methoxy groups -OCH3 is 3. The zero-order chi connectivity index (χ0) is 26.5. The molecule has 2 aromatic carbocycles. The van der Waals surface area contributed by atoms with E-state index in [9.17, 15) is 15.0 Å². The van der Waals surface area contributed by atoms with E-state index in [1.165, 1.54) is 21.3 Å². The van der Waals surface area contributed by atoms with Crippen LogP contribution in [0.4, 0.5) is 0 Å². The Morgan fingerprint density at radius 1 is 0.973 bits per heavy atom. The fraction of sp³-hybridized carbons (Fsp3) is 0.370. The number of hydrogen-bond acceptors (Lipinski definition) is 8. The molecule has 0 aliphatic carbocycles. The van der Waals surface area contributed by atoms with Gasteiger partial charge in [-0.1, -0.05) is 11.6 Å². The van der Waals surface area contributed by atoms with E-state index >= 15 is 0 Å². The van der Waals surface area contributed by atoms with Crippen LogP contribution < -0.4 is 14.2 Å². The lowest BCUT2D eigenvalue weighted by atomic mass is 9.98. The van der Waals surface area contributed by atoms with E-state index in [1.54, 1.807) is 41.0 Å². The Bertz CT molecular complexity index is 1230. The van der Waals surface area contributed by atoms with Gasteiger partial charge in [-0.25, -0.2) is 0 Å². The van der Waals surface area contributed by atoms with Crippen molar-refractivity contribution >= 4 is 17.4 Å². The van der Waals surface area contributed by atoms with Gasteiger partial charge in [-0.05, 0) is 42.8 Å². The Hall–Kier alpha value is -3.40. The summed E-state index contributed by atoms with van der Waals surface area (Å²) >= 11 is 6.01. The molecule has 0 atom stereocenters. The van der Waals surface area contributed by atoms with Crippen molar-refractivity contribution < 1.29 is 34.0 Å². The van der Waals surface area contributed by atoms with Crippen LogP contribution in [0.15, 0.2) is 36.4 Å². The second-order valence-electron chi connectivity index (χ2n) is 8.61. The molecule has 0 saturated carbocycles. The Morgan fingerprint density at radius 2 is 1.59 bits per heavy atom. The number of morpholine rings is 1. The number of carbonyl (C=O) groups is 1. The van der Waals surface area contributed by atoms with E-state index in [0.29, 0.717) is 65.3 Å². The summed E-state index contributed by atoms with van der Waals surface area (Å²) in [6, 6.07) is 9.74. The van der Waals surface area contributed by atoms with Crippen LogP contribution in [-0.4, -0.2) is 79.6 Å². The van der Waals surface area contributed by atoms with Gasteiger partial charge in [0.05, 0.1) is 45.8 Å². The molecule has 3 aromatic rings. The Balaban J connectivity index is 1.83. The van der Waals surface area contributed by atoms with Crippen LogP contribution in [0.3, 0.4) is 0 Å². The number of ketones is 1. The maximum Gasteiger partial charge on any atom is 0.235 e. The average molecular weight is 531 g/mol. The summed E-state index contributed by atoms with van der Waals surface area (Å²) in [7, 11) is 4.50. The Labute approximate surface area is 220 Å². The molecule has 0 radical (unpaired) electrons. The van der Waals surface area contributed by atoms with E-state index in [1.807, 2.05) is 0 Å². The lowest BCUT2D eigenvalue weighted by molar-refractivity contribution is 0.0369. The van der Waals surface area contributed by atoms with Gasteiger partial charge in [-0.15, -0.1) is 0 Å². The predicted octanol–water partition coefficient (Wildman–Crippen LogP) is 4.20. The number of aromatic nitrogens is 1. The molecule has 37 heavy (non-hydrogen) atoms. The van der Waals surface area contributed by atoms with Crippen LogP contribution in [0.2, 0.25) is 5.02 Å². The topological polar surface area (TPSA) is 103 Å². The number of aromatic hydroxyl groups is 2. The number of ether oxygens (including phenoxy) is 4. The number of benzene rings is 2. The largest absolute Gasteiger partial charge is 0.503 e.